The molecule has 0 aromatic heterocycles. The van der Waals surface area contributed by atoms with Crippen LogP contribution in [0.25, 0.3) is 0 Å². The van der Waals surface area contributed by atoms with Crippen molar-refractivity contribution >= 4 is 47.6 Å². The Labute approximate surface area is 184 Å². The van der Waals surface area contributed by atoms with Crippen molar-refractivity contribution in [3.63, 3.8) is 0 Å². The molecule has 0 spiro atoms. The zero-order chi connectivity index (χ0) is 19.7. The Kier molecular flexibility index (Phi) is 6.90. The van der Waals surface area contributed by atoms with E-state index in [9.17, 15) is 9.59 Å². The van der Waals surface area contributed by atoms with Crippen LogP contribution < -0.4 is 5.73 Å². The zero-order valence-corrected chi connectivity index (χ0v) is 17.8. The Morgan fingerprint density at radius 2 is 1.69 bits per heavy atom. The minimum atomic E-state index is -0.594. The molecule has 0 radical (unpaired) electrons. The molecule has 0 aliphatic carbocycles. The van der Waals surface area contributed by atoms with Crippen molar-refractivity contribution in [2.24, 2.45) is 5.73 Å². The van der Waals surface area contributed by atoms with Gasteiger partial charge in [-0.25, -0.2) is 4.79 Å². The van der Waals surface area contributed by atoms with Crippen LogP contribution in [-0.2, 0) is 14.3 Å². The van der Waals surface area contributed by atoms with Gasteiger partial charge in [0, 0.05) is 11.6 Å². The predicted molar refractivity (Wildman–Crippen MR) is 117 cm³/mol. The summed E-state index contributed by atoms with van der Waals surface area (Å²) in [6, 6.07) is 18.4. The summed E-state index contributed by atoms with van der Waals surface area (Å²) < 4.78 is 5.93. The van der Waals surface area contributed by atoms with E-state index in [1.54, 1.807) is 0 Å². The average Bonchev–Trinajstić information content (AvgIpc) is 2.76. The third-order valence-electron chi connectivity index (χ3n) is 4.87. The number of carbonyl (C=O) groups excluding carboxylic acids is 2. The number of thioether (sulfide) groups is 1. The van der Waals surface area contributed by atoms with E-state index in [-0.39, 0.29) is 35.3 Å². The summed E-state index contributed by atoms with van der Waals surface area (Å²) in [5, 5.41) is -0.242. The van der Waals surface area contributed by atoms with Crippen molar-refractivity contribution in [2.75, 3.05) is 11.6 Å². The van der Waals surface area contributed by atoms with Crippen molar-refractivity contribution in [1.29, 1.82) is 0 Å². The van der Waals surface area contributed by atoms with Crippen LogP contribution >= 0.6 is 35.8 Å². The highest BCUT2D eigenvalue weighted by Gasteiger charge is 2.52. The smallest absolute Gasteiger partial charge is 0.356 e. The Morgan fingerprint density at radius 3 is 2.21 bits per heavy atom. The first-order chi connectivity index (χ1) is 13.6. The van der Waals surface area contributed by atoms with Crippen LogP contribution in [-0.4, -0.2) is 39.8 Å². The lowest BCUT2D eigenvalue weighted by atomic mass is 10.0. The molecule has 4 rings (SSSR count). The van der Waals surface area contributed by atoms with Gasteiger partial charge in [0.15, 0.2) is 6.10 Å². The lowest BCUT2D eigenvalue weighted by Crippen LogP contribution is -2.68. The molecule has 1 amide bonds. The number of fused-ring (bicyclic) bond motifs is 1. The highest BCUT2D eigenvalue weighted by Crippen LogP contribution is 2.41. The number of amides is 1. The predicted octanol–water partition coefficient (Wildman–Crippen LogP) is 3.48. The van der Waals surface area contributed by atoms with Gasteiger partial charge in [-0.1, -0.05) is 60.7 Å². The van der Waals surface area contributed by atoms with E-state index in [2.05, 4.69) is 0 Å². The van der Waals surface area contributed by atoms with Crippen molar-refractivity contribution in [3.8, 4) is 0 Å². The fourth-order valence-corrected chi connectivity index (χ4v) is 5.04. The Balaban J connectivity index is 0.00000240. The highest BCUT2D eigenvalue weighted by atomic mass is 35.5. The van der Waals surface area contributed by atoms with Crippen LogP contribution in [0.5, 0.6) is 0 Å². The van der Waals surface area contributed by atoms with Crippen LogP contribution in [0.15, 0.2) is 71.9 Å². The summed E-state index contributed by atoms with van der Waals surface area (Å²) in [6.45, 7) is 0. The summed E-state index contributed by atoms with van der Waals surface area (Å²) in [5.74, 6) is -0.122. The molecule has 2 atom stereocenters. The molecule has 29 heavy (non-hydrogen) atoms. The lowest BCUT2D eigenvalue weighted by molar-refractivity contribution is -0.153. The third-order valence-corrected chi connectivity index (χ3v) is 6.56. The van der Waals surface area contributed by atoms with Gasteiger partial charge in [0.2, 0.25) is 5.91 Å². The first kappa shape index (κ1) is 21.7. The minimum Gasteiger partial charge on any atom is -0.448 e. The van der Waals surface area contributed by atoms with Gasteiger partial charge < -0.3 is 10.5 Å². The number of carbonyl (C=O) groups is 2. The second-order valence-corrected chi connectivity index (χ2v) is 8.00. The van der Waals surface area contributed by atoms with E-state index in [4.69, 9.17) is 22.1 Å². The second-order valence-electron chi connectivity index (χ2n) is 6.63. The Morgan fingerprint density at radius 1 is 1.14 bits per heavy atom. The number of hydrogen-bond acceptors (Lipinski definition) is 5. The summed E-state index contributed by atoms with van der Waals surface area (Å²) >= 11 is 7.58. The van der Waals surface area contributed by atoms with Crippen LogP contribution in [0.2, 0.25) is 0 Å². The number of ether oxygens (including phenoxy) is 1. The number of alkyl halides is 1. The quantitative estimate of drug-likeness (QED) is 0.428. The number of rotatable bonds is 5. The Bertz CT molecular complexity index is 885. The maximum Gasteiger partial charge on any atom is 0.356 e. The Hall–Kier alpha value is -1.99. The maximum absolute atomic E-state index is 13.2. The van der Waals surface area contributed by atoms with Gasteiger partial charge >= 0.3 is 5.97 Å². The van der Waals surface area contributed by atoms with Crippen molar-refractivity contribution in [2.45, 2.75) is 17.5 Å². The largest absolute Gasteiger partial charge is 0.448 e. The van der Waals surface area contributed by atoms with Gasteiger partial charge in [0.05, 0.1) is 0 Å². The minimum absolute atomic E-state index is 0. The molecule has 0 bridgehead atoms. The van der Waals surface area contributed by atoms with Crippen LogP contribution in [0.3, 0.4) is 0 Å². The van der Waals surface area contributed by atoms with Gasteiger partial charge in [-0.3, -0.25) is 9.69 Å². The number of nitrogens with two attached hydrogens (primary N) is 1. The molecule has 2 heterocycles. The zero-order valence-electron chi connectivity index (χ0n) is 15.4. The molecular formula is C21H20Cl2N2O3S. The first-order valence-corrected chi connectivity index (χ1v) is 10.5. The molecule has 1 fully saturated rings. The molecule has 5 nitrogen and oxygen atoms in total. The monoisotopic (exact) mass is 450 g/mol. The number of benzene rings is 2. The fraction of sp³-hybridized carbons (Fsp3) is 0.238. The number of hydrogen-bond donors (Lipinski definition) is 1. The van der Waals surface area contributed by atoms with Gasteiger partial charge in [0.1, 0.15) is 17.1 Å². The second kappa shape index (κ2) is 9.22. The van der Waals surface area contributed by atoms with Gasteiger partial charge in [-0.2, -0.15) is 0 Å². The summed E-state index contributed by atoms with van der Waals surface area (Å²) in [5.41, 5.74) is 8.52. The van der Waals surface area contributed by atoms with E-state index in [1.807, 2.05) is 60.7 Å². The van der Waals surface area contributed by atoms with E-state index in [0.29, 0.717) is 11.3 Å². The lowest BCUT2D eigenvalue weighted by Gasteiger charge is -2.48. The van der Waals surface area contributed by atoms with E-state index in [0.717, 1.165) is 11.1 Å². The number of halogens is 2. The third kappa shape index (κ3) is 4.03. The number of nitrogens with zero attached hydrogens (tertiary/aromatic N) is 1. The normalized spacial score (nSPS) is 20.7. The molecule has 2 aliphatic heterocycles. The molecule has 2 aromatic rings. The van der Waals surface area contributed by atoms with Crippen molar-refractivity contribution < 1.29 is 14.3 Å². The summed E-state index contributed by atoms with van der Waals surface area (Å²) in [4.78, 5) is 26.9. The molecule has 2 aromatic carbocycles. The van der Waals surface area contributed by atoms with E-state index in [1.165, 1.54) is 16.7 Å². The first-order valence-electron chi connectivity index (χ1n) is 8.91. The van der Waals surface area contributed by atoms with Gasteiger partial charge in [0.25, 0.3) is 0 Å². The van der Waals surface area contributed by atoms with Crippen LogP contribution in [0.1, 0.15) is 17.2 Å². The molecular weight excluding hydrogens is 431 g/mol. The molecule has 1 unspecified atom stereocenters. The maximum atomic E-state index is 13.2. The number of β-lactam (4-membered cyclic amide) rings is 1. The molecule has 2 aliphatic rings. The van der Waals surface area contributed by atoms with Crippen LogP contribution in [0, 0.1) is 0 Å². The summed E-state index contributed by atoms with van der Waals surface area (Å²) in [7, 11) is 0. The molecule has 1 saturated heterocycles. The topological polar surface area (TPSA) is 72.6 Å². The van der Waals surface area contributed by atoms with Gasteiger partial charge in [-0.05, 0) is 16.7 Å². The fourth-order valence-electron chi connectivity index (χ4n) is 3.42. The molecule has 152 valence electrons. The standard InChI is InChI=1S/C21H19ClN2O3S.ClH/c22-11-15-12-28-20-16(23)19(25)24(20)17(15)21(26)27-18(13-7-3-1-4-8-13)14-9-5-2-6-10-14;/h1-10,16,18,20H,11-12,23H2;1H/t16?,20-;/m0./s1. The van der Waals surface area contributed by atoms with E-state index >= 15 is 0 Å². The average molecular weight is 451 g/mol. The van der Waals surface area contributed by atoms with Crippen molar-refractivity contribution in [1.82, 2.24) is 4.90 Å². The van der Waals surface area contributed by atoms with Crippen LogP contribution in [0.4, 0.5) is 0 Å². The SMILES string of the molecule is Cl.NC1C(=O)N2C(C(=O)OC(c3ccccc3)c3ccccc3)=C(CCl)CS[C@@H]12. The molecule has 8 heteroatoms. The highest BCUT2D eigenvalue weighted by molar-refractivity contribution is 8.00. The van der Waals surface area contributed by atoms with Gasteiger partial charge in [-0.15, -0.1) is 35.8 Å². The number of esters is 1. The van der Waals surface area contributed by atoms with E-state index < -0.39 is 18.1 Å². The molecule has 2 N–H and O–H groups in total. The summed E-state index contributed by atoms with van der Waals surface area (Å²) in [6.07, 6.45) is -0.586. The van der Waals surface area contributed by atoms with Crippen molar-refractivity contribution in [3.05, 3.63) is 83.1 Å². The molecule has 0 saturated carbocycles.